The molecule has 0 radical (unpaired) electrons. The molecule has 1 aromatic carbocycles. The van der Waals surface area contributed by atoms with Gasteiger partial charge in [-0.15, -0.1) is 0 Å². The van der Waals surface area contributed by atoms with Crippen LogP contribution in [0.4, 0.5) is 0 Å². The molecular weight excluding hydrogens is 286 g/mol. The predicted molar refractivity (Wildman–Crippen MR) is 94.3 cm³/mol. The molecule has 0 spiro atoms. The highest BCUT2D eigenvalue weighted by atomic mass is 16.5. The molecule has 0 aromatic heterocycles. The largest absolute Gasteiger partial charge is 0.493 e. The van der Waals surface area contributed by atoms with E-state index in [1.54, 1.807) is 14.2 Å². The van der Waals surface area contributed by atoms with Crippen LogP contribution in [0.15, 0.2) is 18.2 Å². The van der Waals surface area contributed by atoms with E-state index in [0.29, 0.717) is 16.9 Å². The molecular formula is C20H31NO2. The average molecular weight is 317 g/mol. The number of methoxy groups -OCH3 is 2. The van der Waals surface area contributed by atoms with E-state index < -0.39 is 0 Å². The standard InChI is InChI=1S/C20H31NO2/c1-19(2)15-8-10-20(19,3)18(13-15)21-11-9-14-6-7-16(22-4)17(12-14)23-5/h6-7,12,15,18,21H,8-11,13H2,1-5H3. The summed E-state index contributed by atoms with van der Waals surface area (Å²) in [7, 11) is 3.37. The number of hydrogen-bond donors (Lipinski definition) is 1. The summed E-state index contributed by atoms with van der Waals surface area (Å²) in [6.07, 6.45) is 5.16. The van der Waals surface area contributed by atoms with Crippen molar-refractivity contribution in [2.45, 2.75) is 52.5 Å². The third-order valence-corrected chi connectivity index (χ3v) is 7.05. The third-order valence-electron chi connectivity index (χ3n) is 7.05. The lowest BCUT2D eigenvalue weighted by atomic mass is 9.69. The fourth-order valence-electron chi connectivity index (χ4n) is 4.94. The van der Waals surface area contributed by atoms with Crippen LogP contribution >= 0.6 is 0 Å². The number of ether oxygens (including phenoxy) is 2. The van der Waals surface area contributed by atoms with Gasteiger partial charge in [0, 0.05) is 6.04 Å². The Morgan fingerprint density at radius 3 is 2.43 bits per heavy atom. The summed E-state index contributed by atoms with van der Waals surface area (Å²) >= 11 is 0. The molecule has 0 heterocycles. The lowest BCUT2D eigenvalue weighted by molar-refractivity contribution is 0.121. The van der Waals surface area contributed by atoms with Crippen LogP contribution in [0.5, 0.6) is 11.5 Å². The van der Waals surface area contributed by atoms with Crippen molar-refractivity contribution in [3.63, 3.8) is 0 Å². The van der Waals surface area contributed by atoms with E-state index in [9.17, 15) is 0 Å². The average Bonchev–Trinajstić information content (AvgIpc) is 2.88. The van der Waals surface area contributed by atoms with Crippen LogP contribution < -0.4 is 14.8 Å². The van der Waals surface area contributed by atoms with Crippen molar-refractivity contribution in [2.24, 2.45) is 16.7 Å². The molecule has 0 aliphatic heterocycles. The van der Waals surface area contributed by atoms with Gasteiger partial charge in [0.05, 0.1) is 14.2 Å². The Bertz CT molecular complexity index is 569. The fourth-order valence-corrected chi connectivity index (χ4v) is 4.94. The van der Waals surface area contributed by atoms with Crippen molar-refractivity contribution in [2.75, 3.05) is 20.8 Å². The maximum absolute atomic E-state index is 5.39. The highest BCUT2D eigenvalue weighted by Crippen LogP contribution is 2.65. The second-order valence-electron chi connectivity index (χ2n) is 8.06. The zero-order valence-corrected chi connectivity index (χ0v) is 15.2. The zero-order valence-electron chi connectivity index (χ0n) is 15.2. The normalized spacial score (nSPS) is 31.3. The smallest absolute Gasteiger partial charge is 0.160 e. The van der Waals surface area contributed by atoms with Gasteiger partial charge in [0.2, 0.25) is 0 Å². The molecule has 3 nitrogen and oxygen atoms in total. The molecule has 23 heavy (non-hydrogen) atoms. The Kier molecular flexibility index (Phi) is 4.35. The fraction of sp³-hybridized carbons (Fsp3) is 0.700. The summed E-state index contributed by atoms with van der Waals surface area (Å²) in [5.41, 5.74) is 2.23. The minimum absolute atomic E-state index is 0.454. The van der Waals surface area contributed by atoms with Crippen LogP contribution in [-0.2, 0) is 6.42 Å². The summed E-state index contributed by atoms with van der Waals surface area (Å²) in [4.78, 5) is 0. The van der Waals surface area contributed by atoms with Crippen molar-refractivity contribution in [1.29, 1.82) is 0 Å². The van der Waals surface area contributed by atoms with Gasteiger partial charge in [0.25, 0.3) is 0 Å². The van der Waals surface area contributed by atoms with Crippen molar-refractivity contribution in [3.8, 4) is 11.5 Å². The van der Waals surface area contributed by atoms with Crippen molar-refractivity contribution >= 4 is 0 Å². The molecule has 0 amide bonds. The molecule has 2 bridgehead atoms. The van der Waals surface area contributed by atoms with Gasteiger partial charge in [0.1, 0.15) is 0 Å². The van der Waals surface area contributed by atoms with Crippen LogP contribution in [0.1, 0.15) is 45.6 Å². The van der Waals surface area contributed by atoms with Gasteiger partial charge in [-0.05, 0) is 66.7 Å². The summed E-state index contributed by atoms with van der Waals surface area (Å²) < 4.78 is 10.7. The highest BCUT2D eigenvalue weighted by Gasteiger charge is 2.60. The Hall–Kier alpha value is -1.22. The first-order valence-electron chi connectivity index (χ1n) is 8.86. The van der Waals surface area contributed by atoms with Gasteiger partial charge in [-0.2, -0.15) is 0 Å². The summed E-state index contributed by atoms with van der Waals surface area (Å²) in [5, 5.41) is 3.85. The molecule has 2 fully saturated rings. The first kappa shape index (κ1) is 16.6. The Morgan fingerprint density at radius 2 is 1.87 bits per heavy atom. The second kappa shape index (κ2) is 6.01. The molecule has 2 aliphatic carbocycles. The SMILES string of the molecule is COc1ccc(CCNC2CC3CCC2(C)C3(C)C)cc1OC. The second-order valence-corrected chi connectivity index (χ2v) is 8.06. The predicted octanol–water partition coefficient (Wildman–Crippen LogP) is 4.05. The van der Waals surface area contributed by atoms with E-state index in [4.69, 9.17) is 9.47 Å². The van der Waals surface area contributed by atoms with Crippen LogP contribution in [-0.4, -0.2) is 26.8 Å². The minimum atomic E-state index is 0.454. The molecule has 1 aromatic rings. The number of rotatable bonds is 6. The van der Waals surface area contributed by atoms with E-state index in [1.807, 2.05) is 6.07 Å². The molecule has 3 heteroatoms. The first-order valence-corrected chi connectivity index (χ1v) is 8.86. The first-order chi connectivity index (χ1) is 10.9. The van der Waals surface area contributed by atoms with Gasteiger partial charge in [-0.1, -0.05) is 26.8 Å². The van der Waals surface area contributed by atoms with Gasteiger partial charge in [0.15, 0.2) is 11.5 Å². The van der Waals surface area contributed by atoms with E-state index in [-0.39, 0.29) is 0 Å². The number of nitrogens with one attached hydrogen (secondary N) is 1. The number of benzene rings is 1. The minimum Gasteiger partial charge on any atom is -0.493 e. The molecule has 3 atom stereocenters. The van der Waals surface area contributed by atoms with Crippen molar-refractivity contribution in [1.82, 2.24) is 5.32 Å². The van der Waals surface area contributed by atoms with E-state index >= 15 is 0 Å². The van der Waals surface area contributed by atoms with E-state index in [2.05, 4.69) is 38.2 Å². The molecule has 3 unspecified atom stereocenters. The van der Waals surface area contributed by atoms with Crippen LogP contribution in [0.2, 0.25) is 0 Å². The quantitative estimate of drug-likeness (QED) is 0.858. The van der Waals surface area contributed by atoms with Gasteiger partial charge in [-0.25, -0.2) is 0 Å². The number of fused-ring (bicyclic) bond motifs is 2. The maximum Gasteiger partial charge on any atom is 0.160 e. The summed E-state index contributed by atoms with van der Waals surface area (Å²) in [6, 6.07) is 6.88. The van der Waals surface area contributed by atoms with Gasteiger partial charge < -0.3 is 14.8 Å². The maximum atomic E-state index is 5.39. The Labute approximate surface area is 140 Å². The lowest BCUT2D eigenvalue weighted by Crippen LogP contribution is -2.45. The van der Waals surface area contributed by atoms with Crippen LogP contribution in [0.25, 0.3) is 0 Å². The van der Waals surface area contributed by atoms with Gasteiger partial charge in [-0.3, -0.25) is 0 Å². The van der Waals surface area contributed by atoms with E-state index in [0.717, 1.165) is 30.4 Å². The lowest BCUT2D eigenvalue weighted by Gasteiger charge is -2.39. The molecule has 3 rings (SSSR count). The topological polar surface area (TPSA) is 30.5 Å². The molecule has 1 N–H and O–H groups in total. The van der Waals surface area contributed by atoms with Gasteiger partial charge >= 0.3 is 0 Å². The molecule has 128 valence electrons. The zero-order chi connectivity index (χ0) is 16.7. The van der Waals surface area contributed by atoms with Crippen molar-refractivity contribution < 1.29 is 9.47 Å². The molecule has 0 saturated heterocycles. The summed E-state index contributed by atoms with van der Waals surface area (Å²) in [5.74, 6) is 2.51. The monoisotopic (exact) mass is 317 g/mol. The highest BCUT2D eigenvalue weighted by molar-refractivity contribution is 5.42. The van der Waals surface area contributed by atoms with Crippen LogP contribution in [0.3, 0.4) is 0 Å². The Balaban J connectivity index is 1.59. The van der Waals surface area contributed by atoms with E-state index in [1.165, 1.54) is 24.8 Å². The number of hydrogen-bond acceptors (Lipinski definition) is 3. The molecule has 2 saturated carbocycles. The van der Waals surface area contributed by atoms with Crippen molar-refractivity contribution in [3.05, 3.63) is 23.8 Å². The molecule has 2 aliphatic rings. The summed E-state index contributed by atoms with van der Waals surface area (Å²) in [6.45, 7) is 8.47. The Morgan fingerprint density at radius 1 is 1.13 bits per heavy atom. The third kappa shape index (κ3) is 2.63. The van der Waals surface area contributed by atoms with Crippen LogP contribution in [0, 0.1) is 16.7 Å².